The number of hydrogen-bond donors (Lipinski definition) is 1. The van der Waals surface area contributed by atoms with Crippen LogP contribution in [0.1, 0.15) is 35.8 Å². The first-order valence-electron chi connectivity index (χ1n) is 10.3. The average Bonchev–Trinajstić information content (AvgIpc) is 3.05. The zero-order chi connectivity index (χ0) is 22.5. The van der Waals surface area contributed by atoms with Crippen LogP contribution in [0.15, 0.2) is 40.3 Å². The molecule has 0 spiro atoms. The number of ether oxygens (including phenoxy) is 1. The number of benzene rings is 1. The number of aryl methyl sites for hydroxylation is 2. The average molecular weight is 460 g/mol. The Bertz CT molecular complexity index is 1110. The van der Waals surface area contributed by atoms with Crippen molar-refractivity contribution in [2.24, 2.45) is 0 Å². The second-order valence-corrected chi connectivity index (χ2v) is 10.1. The molecule has 0 fully saturated rings. The van der Waals surface area contributed by atoms with Gasteiger partial charge in [0.1, 0.15) is 4.83 Å². The molecule has 2 unspecified atom stereocenters. The van der Waals surface area contributed by atoms with Crippen LogP contribution in [0, 0.1) is 13.8 Å². The van der Waals surface area contributed by atoms with Gasteiger partial charge >= 0.3 is 0 Å². The number of carbonyl (C=O) groups excluding carboxylic acids is 1. The van der Waals surface area contributed by atoms with Crippen LogP contribution in [0.2, 0.25) is 0 Å². The maximum absolute atomic E-state index is 13.2. The molecule has 0 aliphatic rings. The monoisotopic (exact) mass is 459 g/mol. The number of methoxy groups -OCH3 is 1. The first kappa shape index (κ1) is 23.5. The Morgan fingerprint density at radius 3 is 2.65 bits per heavy atom. The Labute approximate surface area is 191 Å². The minimum absolute atomic E-state index is 0.0704. The molecule has 0 aliphatic heterocycles. The van der Waals surface area contributed by atoms with E-state index < -0.39 is 0 Å². The SMILES string of the molecule is COCCn1c(SC(C)C(=O)NCC(C)c2ccccc2)nc2sc(C)c(C)c2c1=O. The lowest BCUT2D eigenvalue weighted by Gasteiger charge is -2.17. The summed E-state index contributed by atoms with van der Waals surface area (Å²) in [6.07, 6.45) is 0. The molecular formula is C23H29N3O3S2. The van der Waals surface area contributed by atoms with Gasteiger partial charge in [0.15, 0.2) is 5.16 Å². The minimum Gasteiger partial charge on any atom is -0.383 e. The molecule has 3 rings (SSSR count). The van der Waals surface area contributed by atoms with Crippen molar-refractivity contribution in [3.8, 4) is 0 Å². The Kier molecular flexibility index (Phi) is 7.91. The number of carbonyl (C=O) groups is 1. The molecule has 0 bridgehead atoms. The lowest BCUT2D eigenvalue weighted by Crippen LogP contribution is -2.34. The number of thiophene rings is 1. The molecule has 1 aromatic carbocycles. The summed E-state index contributed by atoms with van der Waals surface area (Å²) in [7, 11) is 1.60. The van der Waals surface area contributed by atoms with E-state index in [1.54, 1.807) is 11.7 Å². The van der Waals surface area contributed by atoms with Crippen LogP contribution in [-0.2, 0) is 16.1 Å². The summed E-state index contributed by atoms with van der Waals surface area (Å²) in [6, 6.07) is 10.1. The van der Waals surface area contributed by atoms with E-state index in [1.165, 1.54) is 28.7 Å². The van der Waals surface area contributed by atoms with Crippen LogP contribution in [0.3, 0.4) is 0 Å². The van der Waals surface area contributed by atoms with Crippen LogP contribution in [0.4, 0.5) is 0 Å². The molecule has 166 valence electrons. The lowest BCUT2D eigenvalue weighted by molar-refractivity contribution is -0.120. The minimum atomic E-state index is -0.386. The predicted octanol–water partition coefficient (Wildman–Crippen LogP) is 4.12. The van der Waals surface area contributed by atoms with Gasteiger partial charge in [-0.15, -0.1) is 11.3 Å². The molecule has 0 aliphatic carbocycles. The molecule has 3 aromatic rings. The Morgan fingerprint density at radius 2 is 1.97 bits per heavy atom. The van der Waals surface area contributed by atoms with E-state index in [-0.39, 0.29) is 22.6 Å². The van der Waals surface area contributed by atoms with Crippen molar-refractivity contribution in [3.63, 3.8) is 0 Å². The van der Waals surface area contributed by atoms with E-state index >= 15 is 0 Å². The molecule has 0 saturated carbocycles. The molecular weight excluding hydrogens is 430 g/mol. The fourth-order valence-corrected chi connectivity index (χ4v) is 5.32. The first-order valence-corrected chi connectivity index (χ1v) is 12.0. The van der Waals surface area contributed by atoms with E-state index in [1.807, 2.05) is 39.0 Å². The maximum Gasteiger partial charge on any atom is 0.263 e. The maximum atomic E-state index is 13.2. The van der Waals surface area contributed by atoms with Crippen molar-refractivity contribution in [2.75, 3.05) is 20.3 Å². The molecule has 8 heteroatoms. The van der Waals surface area contributed by atoms with Crippen LogP contribution < -0.4 is 10.9 Å². The van der Waals surface area contributed by atoms with Gasteiger partial charge in [0.05, 0.1) is 23.8 Å². The van der Waals surface area contributed by atoms with Gasteiger partial charge in [-0.05, 0) is 37.8 Å². The Balaban J connectivity index is 1.77. The number of nitrogens with one attached hydrogen (secondary N) is 1. The number of nitrogens with zero attached hydrogens (tertiary/aromatic N) is 2. The highest BCUT2D eigenvalue weighted by molar-refractivity contribution is 8.00. The summed E-state index contributed by atoms with van der Waals surface area (Å²) in [5.74, 6) is 0.146. The molecule has 2 heterocycles. The topological polar surface area (TPSA) is 73.2 Å². The van der Waals surface area contributed by atoms with Gasteiger partial charge in [0, 0.05) is 18.5 Å². The van der Waals surface area contributed by atoms with Gasteiger partial charge in [0.25, 0.3) is 5.56 Å². The summed E-state index contributed by atoms with van der Waals surface area (Å²) < 4.78 is 6.82. The summed E-state index contributed by atoms with van der Waals surface area (Å²) in [5.41, 5.74) is 2.09. The molecule has 2 atom stereocenters. The molecule has 0 radical (unpaired) electrons. The first-order chi connectivity index (χ1) is 14.8. The zero-order valence-corrected chi connectivity index (χ0v) is 20.2. The van der Waals surface area contributed by atoms with Crippen molar-refractivity contribution < 1.29 is 9.53 Å². The van der Waals surface area contributed by atoms with Gasteiger partial charge in [-0.3, -0.25) is 14.2 Å². The van der Waals surface area contributed by atoms with Gasteiger partial charge in [-0.2, -0.15) is 0 Å². The Hall–Kier alpha value is -2.16. The summed E-state index contributed by atoms with van der Waals surface area (Å²) in [4.78, 5) is 32.5. The van der Waals surface area contributed by atoms with E-state index in [4.69, 9.17) is 9.72 Å². The second-order valence-electron chi connectivity index (χ2n) is 7.62. The quantitative estimate of drug-likeness (QED) is 0.385. The van der Waals surface area contributed by atoms with E-state index in [0.29, 0.717) is 30.2 Å². The fraction of sp³-hybridized carbons (Fsp3) is 0.435. The largest absolute Gasteiger partial charge is 0.383 e. The van der Waals surface area contributed by atoms with Crippen molar-refractivity contribution in [2.45, 2.75) is 50.6 Å². The third-order valence-electron chi connectivity index (χ3n) is 5.38. The molecule has 2 aromatic heterocycles. The normalized spacial score (nSPS) is 13.3. The van der Waals surface area contributed by atoms with Crippen molar-refractivity contribution in [3.05, 3.63) is 56.7 Å². The predicted molar refractivity (Wildman–Crippen MR) is 128 cm³/mol. The number of thioether (sulfide) groups is 1. The smallest absolute Gasteiger partial charge is 0.263 e. The number of aromatic nitrogens is 2. The number of fused-ring (bicyclic) bond motifs is 1. The zero-order valence-electron chi connectivity index (χ0n) is 18.6. The molecule has 1 amide bonds. The third-order valence-corrected chi connectivity index (χ3v) is 7.57. The van der Waals surface area contributed by atoms with Crippen LogP contribution in [0.25, 0.3) is 10.2 Å². The van der Waals surface area contributed by atoms with Crippen LogP contribution >= 0.6 is 23.1 Å². The van der Waals surface area contributed by atoms with Crippen molar-refractivity contribution in [1.82, 2.24) is 14.9 Å². The van der Waals surface area contributed by atoms with Gasteiger partial charge in [0.2, 0.25) is 5.91 Å². The lowest BCUT2D eigenvalue weighted by atomic mass is 10.0. The van der Waals surface area contributed by atoms with Gasteiger partial charge in [-0.25, -0.2) is 4.98 Å². The summed E-state index contributed by atoms with van der Waals surface area (Å²) >= 11 is 2.83. The van der Waals surface area contributed by atoms with E-state index in [9.17, 15) is 9.59 Å². The highest BCUT2D eigenvalue weighted by Gasteiger charge is 2.22. The van der Waals surface area contributed by atoms with Gasteiger partial charge in [-0.1, -0.05) is 49.0 Å². The molecule has 0 saturated heterocycles. The van der Waals surface area contributed by atoms with Gasteiger partial charge < -0.3 is 10.1 Å². The summed E-state index contributed by atoms with van der Waals surface area (Å²) in [5, 5.41) is 3.86. The second kappa shape index (κ2) is 10.4. The van der Waals surface area contributed by atoms with Crippen LogP contribution in [-0.4, -0.2) is 41.0 Å². The molecule has 31 heavy (non-hydrogen) atoms. The highest BCUT2D eigenvalue weighted by atomic mass is 32.2. The van der Waals surface area contributed by atoms with E-state index in [0.717, 1.165) is 15.3 Å². The number of hydrogen-bond acceptors (Lipinski definition) is 6. The van der Waals surface area contributed by atoms with Crippen molar-refractivity contribution >= 4 is 39.2 Å². The number of rotatable bonds is 9. The van der Waals surface area contributed by atoms with E-state index in [2.05, 4.69) is 24.4 Å². The van der Waals surface area contributed by atoms with Crippen molar-refractivity contribution in [1.29, 1.82) is 0 Å². The Morgan fingerprint density at radius 1 is 1.26 bits per heavy atom. The standard InChI is InChI=1S/C23H29N3O3S2/c1-14(18-9-7-6-8-10-18)13-24-20(27)17(4)31-23-25-21-19(15(2)16(3)30-21)22(28)26(23)11-12-29-5/h6-10,14,17H,11-13H2,1-5H3,(H,24,27). The third kappa shape index (κ3) is 5.37. The summed E-state index contributed by atoms with van der Waals surface area (Å²) in [6.45, 7) is 9.24. The number of amides is 1. The molecule has 6 nitrogen and oxygen atoms in total. The molecule has 1 N–H and O–H groups in total. The highest BCUT2D eigenvalue weighted by Crippen LogP contribution is 2.29. The fourth-order valence-electron chi connectivity index (χ4n) is 3.29. The van der Waals surface area contributed by atoms with Crippen LogP contribution in [0.5, 0.6) is 0 Å².